The van der Waals surface area contributed by atoms with Crippen molar-refractivity contribution >= 4 is 0 Å². The summed E-state index contributed by atoms with van der Waals surface area (Å²) in [5, 5.41) is 0. The molecule has 2 bridgehead atoms. The van der Waals surface area contributed by atoms with E-state index in [9.17, 15) is 0 Å². The third-order valence-electron chi connectivity index (χ3n) is 2.93. The van der Waals surface area contributed by atoms with Gasteiger partial charge in [-0.2, -0.15) is 0 Å². The van der Waals surface area contributed by atoms with E-state index in [0.717, 1.165) is 5.92 Å². The molecule has 2 fully saturated rings. The molecule has 0 saturated carbocycles. The number of rotatable bonds is 0. The van der Waals surface area contributed by atoms with Crippen LogP contribution in [-0.4, -0.2) is 30.6 Å². The maximum Gasteiger partial charge on any atom is 0.00803 e. The first-order valence-corrected chi connectivity index (χ1v) is 4.34. The smallest absolute Gasteiger partial charge is 0.00803 e. The summed E-state index contributed by atoms with van der Waals surface area (Å²) >= 11 is 0. The van der Waals surface area contributed by atoms with Crippen molar-refractivity contribution < 1.29 is 0 Å². The lowest BCUT2D eigenvalue weighted by molar-refractivity contribution is 0.338. The number of nitrogens with zero attached hydrogens (tertiary/aromatic N) is 1. The van der Waals surface area contributed by atoms with Gasteiger partial charge in [-0.3, -0.25) is 0 Å². The monoisotopic (exact) mass is 140 g/mol. The zero-order valence-corrected chi connectivity index (χ0v) is 6.42. The fraction of sp³-hybridized carbons (Fsp3) is 1.00. The zero-order valence-electron chi connectivity index (χ0n) is 6.42. The molecule has 58 valence electrons. The summed E-state index contributed by atoms with van der Waals surface area (Å²) < 4.78 is 0. The van der Waals surface area contributed by atoms with Crippen molar-refractivity contribution in [1.82, 2.24) is 4.90 Å². The van der Waals surface area contributed by atoms with Crippen molar-refractivity contribution in [2.45, 2.75) is 25.3 Å². The summed E-state index contributed by atoms with van der Waals surface area (Å²) in [5.41, 5.74) is 5.99. The molecule has 0 aromatic rings. The van der Waals surface area contributed by atoms with Gasteiger partial charge in [-0.1, -0.05) is 0 Å². The highest BCUT2D eigenvalue weighted by molar-refractivity contribution is 4.86. The van der Waals surface area contributed by atoms with Gasteiger partial charge in [-0.05, 0) is 38.3 Å². The SMILES string of the molecule is NC1CCCN2CCC1C2. The Morgan fingerprint density at radius 3 is 3.00 bits per heavy atom. The van der Waals surface area contributed by atoms with Gasteiger partial charge in [0.1, 0.15) is 0 Å². The molecule has 0 aliphatic carbocycles. The van der Waals surface area contributed by atoms with Crippen LogP contribution in [0, 0.1) is 5.92 Å². The van der Waals surface area contributed by atoms with Crippen LogP contribution >= 0.6 is 0 Å². The molecule has 3 unspecified atom stereocenters. The van der Waals surface area contributed by atoms with Crippen LogP contribution in [0.5, 0.6) is 0 Å². The molecular weight excluding hydrogens is 124 g/mol. The molecule has 3 atom stereocenters. The predicted molar refractivity (Wildman–Crippen MR) is 41.8 cm³/mol. The van der Waals surface area contributed by atoms with Crippen LogP contribution in [0.4, 0.5) is 0 Å². The molecule has 0 amide bonds. The summed E-state index contributed by atoms with van der Waals surface area (Å²) in [4.78, 5) is 2.55. The molecule has 2 nitrogen and oxygen atoms in total. The summed E-state index contributed by atoms with van der Waals surface area (Å²) in [6.07, 6.45) is 3.92. The molecule has 2 heteroatoms. The van der Waals surface area contributed by atoms with E-state index in [1.54, 1.807) is 0 Å². The molecule has 2 aliphatic rings. The predicted octanol–water partition coefficient (Wildman–Crippen LogP) is 0.429. The van der Waals surface area contributed by atoms with Gasteiger partial charge in [-0.25, -0.2) is 0 Å². The first-order chi connectivity index (χ1) is 4.86. The third kappa shape index (κ3) is 1.06. The zero-order chi connectivity index (χ0) is 6.97. The first kappa shape index (κ1) is 6.62. The highest BCUT2D eigenvalue weighted by atomic mass is 15.2. The van der Waals surface area contributed by atoms with Crippen molar-refractivity contribution in [2.75, 3.05) is 19.6 Å². The van der Waals surface area contributed by atoms with E-state index < -0.39 is 0 Å². The molecule has 0 aromatic carbocycles. The van der Waals surface area contributed by atoms with Crippen molar-refractivity contribution in [2.24, 2.45) is 11.7 Å². The van der Waals surface area contributed by atoms with Gasteiger partial charge >= 0.3 is 0 Å². The molecule has 10 heavy (non-hydrogen) atoms. The molecular formula is C8H16N2. The second kappa shape index (κ2) is 2.51. The summed E-state index contributed by atoms with van der Waals surface area (Å²) in [6.45, 7) is 3.88. The fourth-order valence-electron chi connectivity index (χ4n) is 2.20. The Bertz CT molecular complexity index is 124. The van der Waals surface area contributed by atoms with Crippen LogP contribution in [-0.2, 0) is 0 Å². The molecule has 2 aliphatic heterocycles. The second-order valence-corrected chi connectivity index (χ2v) is 3.66. The highest BCUT2D eigenvalue weighted by Crippen LogP contribution is 2.24. The molecule has 2 saturated heterocycles. The Balaban J connectivity index is 2.03. The summed E-state index contributed by atoms with van der Waals surface area (Å²) in [6, 6.07) is 0.507. The Morgan fingerprint density at radius 2 is 2.10 bits per heavy atom. The lowest BCUT2D eigenvalue weighted by Crippen LogP contribution is -2.29. The van der Waals surface area contributed by atoms with Gasteiger partial charge in [0.15, 0.2) is 0 Å². The first-order valence-electron chi connectivity index (χ1n) is 4.34. The minimum Gasteiger partial charge on any atom is -0.327 e. The number of nitrogens with two attached hydrogens (primary N) is 1. The maximum absolute atomic E-state index is 5.99. The molecule has 0 radical (unpaired) electrons. The van der Waals surface area contributed by atoms with Gasteiger partial charge in [0, 0.05) is 12.6 Å². The van der Waals surface area contributed by atoms with Crippen LogP contribution in [0.1, 0.15) is 19.3 Å². The average molecular weight is 140 g/mol. The van der Waals surface area contributed by atoms with E-state index in [2.05, 4.69) is 4.90 Å². The third-order valence-corrected chi connectivity index (χ3v) is 2.93. The summed E-state index contributed by atoms with van der Waals surface area (Å²) in [5.74, 6) is 0.822. The van der Waals surface area contributed by atoms with E-state index in [1.165, 1.54) is 38.9 Å². The van der Waals surface area contributed by atoms with E-state index >= 15 is 0 Å². The molecule has 2 heterocycles. The Kier molecular flexibility index (Phi) is 1.66. The van der Waals surface area contributed by atoms with Crippen LogP contribution in [0.15, 0.2) is 0 Å². The molecule has 2 rings (SSSR count). The molecule has 0 aromatic heterocycles. The number of fused-ring (bicyclic) bond motifs is 2. The second-order valence-electron chi connectivity index (χ2n) is 3.66. The summed E-state index contributed by atoms with van der Waals surface area (Å²) in [7, 11) is 0. The minimum atomic E-state index is 0.507. The van der Waals surface area contributed by atoms with Crippen LogP contribution in [0.3, 0.4) is 0 Å². The van der Waals surface area contributed by atoms with Crippen LogP contribution < -0.4 is 5.73 Å². The van der Waals surface area contributed by atoms with E-state index in [4.69, 9.17) is 5.73 Å². The van der Waals surface area contributed by atoms with Crippen molar-refractivity contribution in [1.29, 1.82) is 0 Å². The van der Waals surface area contributed by atoms with Gasteiger partial charge in [-0.15, -0.1) is 0 Å². The van der Waals surface area contributed by atoms with Gasteiger partial charge in [0.2, 0.25) is 0 Å². The lowest BCUT2D eigenvalue weighted by Gasteiger charge is -2.15. The average Bonchev–Trinajstić information content (AvgIpc) is 2.27. The Labute approximate surface area is 62.4 Å². The number of hydrogen-bond acceptors (Lipinski definition) is 2. The normalized spacial score (nSPS) is 47.1. The molecule has 2 N–H and O–H groups in total. The van der Waals surface area contributed by atoms with Crippen LogP contribution in [0.2, 0.25) is 0 Å². The fourth-order valence-corrected chi connectivity index (χ4v) is 2.20. The van der Waals surface area contributed by atoms with Crippen molar-refractivity contribution in [3.05, 3.63) is 0 Å². The van der Waals surface area contributed by atoms with Gasteiger partial charge in [0.05, 0.1) is 0 Å². The van der Waals surface area contributed by atoms with E-state index in [1.807, 2.05) is 0 Å². The highest BCUT2D eigenvalue weighted by Gasteiger charge is 2.29. The van der Waals surface area contributed by atoms with Gasteiger partial charge < -0.3 is 10.6 Å². The van der Waals surface area contributed by atoms with Gasteiger partial charge in [0.25, 0.3) is 0 Å². The Morgan fingerprint density at radius 1 is 1.20 bits per heavy atom. The largest absolute Gasteiger partial charge is 0.327 e. The number of hydrogen-bond donors (Lipinski definition) is 1. The van der Waals surface area contributed by atoms with E-state index in [0.29, 0.717) is 6.04 Å². The van der Waals surface area contributed by atoms with Crippen molar-refractivity contribution in [3.8, 4) is 0 Å². The quantitative estimate of drug-likeness (QED) is 0.528. The topological polar surface area (TPSA) is 29.3 Å². The molecule has 0 spiro atoms. The maximum atomic E-state index is 5.99. The standard InChI is InChI=1S/C8H16N2/c9-8-2-1-4-10-5-3-7(8)6-10/h7-8H,1-6,9H2. The Hall–Kier alpha value is -0.0800. The lowest BCUT2D eigenvalue weighted by atomic mass is 9.96. The van der Waals surface area contributed by atoms with E-state index in [-0.39, 0.29) is 0 Å². The van der Waals surface area contributed by atoms with Crippen LogP contribution in [0.25, 0.3) is 0 Å². The van der Waals surface area contributed by atoms with Crippen molar-refractivity contribution in [3.63, 3.8) is 0 Å². The minimum absolute atomic E-state index is 0.507.